The number of benzene rings is 1. The van der Waals surface area contributed by atoms with Crippen molar-refractivity contribution in [3.63, 3.8) is 0 Å². The molecule has 1 fully saturated rings. The van der Waals surface area contributed by atoms with Crippen LogP contribution >= 0.6 is 0 Å². The lowest BCUT2D eigenvalue weighted by Gasteiger charge is -2.25. The van der Waals surface area contributed by atoms with Crippen molar-refractivity contribution in [3.8, 4) is 5.75 Å². The first kappa shape index (κ1) is 18.3. The van der Waals surface area contributed by atoms with Gasteiger partial charge in [-0.3, -0.25) is 5.43 Å². The highest BCUT2D eigenvalue weighted by Gasteiger charge is 2.26. The van der Waals surface area contributed by atoms with Crippen molar-refractivity contribution in [2.75, 3.05) is 18.5 Å². The molecular weight excluding hydrogens is 352 g/mol. The van der Waals surface area contributed by atoms with Gasteiger partial charge in [0, 0.05) is 24.8 Å². The molecule has 8 heteroatoms. The number of sulfonamides is 1. The lowest BCUT2D eigenvalue weighted by Crippen LogP contribution is -2.35. The molecule has 0 bridgehead atoms. The quantitative estimate of drug-likeness (QED) is 0.620. The fourth-order valence-electron chi connectivity index (χ4n) is 2.83. The van der Waals surface area contributed by atoms with Crippen LogP contribution < -0.4 is 5.43 Å². The van der Waals surface area contributed by atoms with Gasteiger partial charge < -0.3 is 5.11 Å². The number of piperidine rings is 1. The molecule has 0 spiro atoms. The van der Waals surface area contributed by atoms with Crippen molar-refractivity contribution in [3.05, 3.63) is 48.2 Å². The van der Waals surface area contributed by atoms with E-state index in [4.69, 9.17) is 0 Å². The minimum absolute atomic E-state index is 0.145. The molecule has 1 aliphatic heterocycles. The van der Waals surface area contributed by atoms with E-state index in [1.54, 1.807) is 31.2 Å². The Bertz CT molecular complexity index is 889. The standard InChI is InChI=1S/C18H22N4O3S/c1-14(16-7-3-4-8-17(16)23)20-21-18-10-9-15(13-19-18)26(24,25)22-11-5-2-6-12-22/h3-4,7-10,13,23H,2,5-6,11-12H2,1H3,(H,19,21)/b20-14+. The number of hydrogen-bond acceptors (Lipinski definition) is 6. The Labute approximate surface area is 153 Å². The van der Waals surface area contributed by atoms with Crippen molar-refractivity contribution < 1.29 is 13.5 Å². The van der Waals surface area contributed by atoms with Gasteiger partial charge in [-0.25, -0.2) is 13.4 Å². The summed E-state index contributed by atoms with van der Waals surface area (Å²) in [5, 5.41) is 14.0. The van der Waals surface area contributed by atoms with Gasteiger partial charge >= 0.3 is 0 Å². The summed E-state index contributed by atoms with van der Waals surface area (Å²) < 4.78 is 26.7. The molecule has 0 aliphatic carbocycles. The summed E-state index contributed by atoms with van der Waals surface area (Å²) in [5.74, 6) is 0.573. The average Bonchev–Trinajstić information content (AvgIpc) is 2.67. The summed E-state index contributed by atoms with van der Waals surface area (Å²) >= 11 is 0. The van der Waals surface area contributed by atoms with Gasteiger partial charge in [0.15, 0.2) is 0 Å². The summed E-state index contributed by atoms with van der Waals surface area (Å²) in [6.07, 6.45) is 4.21. The Balaban J connectivity index is 1.72. The van der Waals surface area contributed by atoms with Gasteiger partial charge in [-0.05, 0) is 44.0 Å². The molecule has 2 N–H and O–H groups in total. The zero-order valence-corrected chi connectivity index (χ0v) is 15.4. The molecule has 2 aromatic rings. The van der Waals surface area contributed by atoms with E-state index in [0.717, 1.165) is 19.3 Å². The van der Waals surface area contributed by atoms with Crippen molar-refractivity contribution in [2.24, 2.45) is 5.10 Å². The summed E-state index contributed by atoms with van der Waals surface area (Å²) in [7, 11) is -3.48. The Hall–Kier alpha value is -2.45. The van der Waals surface area contributed by atoms with Crippen LogP contribution in [0.2, 0.25) is 0 Å². The van der Waals surface area contributed by atoms with Gasteiger partial charge in [-0.2, -0.15) is 9.41 Å². The predicted molar refractivity (Wildman–Crippen MR) is 101 cm³/mol. The molecule has 1 saturated heterocycles. The lowest BCUT2D eigenvalue weighted by molar-refractivity contribution is 0.346. The van der Waals surface area contributed by atoms with E-state index in [-0.39, 0.29) is 10.6 Å². The number of phenolic OH excluding ortho intramolecular Hbond substituents is 1. The van der Waals surface area contributed by atoms with Crippen LogP contribution in [0.1, 0.15) is 31.7 Å². The first-order valence-electron chi connectivity index (χ1n) is 8.53. The van der Waals surface area contributed by atoms with Crippen LogP contribution in [0.25, 0.3) is 0 Å². The van der Waals surface area contributed by atoms with Gasteiger partial charge in [0.05, 0.1) is 5.71 Å². The Kier molecular flexibility index (Phi) is 5.53. The molecule has 0 unspecified atom stereocenters. The first-order valence-corrected chi connectivity index (χ1v) is 9.97. The summed E-state index contributed by atoms with van der Waals surface area (Å²) in [6, 6.07) is 10.0. The van der Waals surface area contributed by atoms with E-state index in [1.165, 1.54) is 16.6 Å². The molecule has 26 heavy (non-hydrogen) atoms. The summed E-state index contributed by atoms with van der Waals surface area (Å²) in [5.41, 5.74) is 3.99. The number of hydrogen-bond donors (Lipinski definition) is 2. The topological polar surface area (TPSA) is 94.9 Å². The van der Waals surface area contributed by atoms with Crippen LogP contribution in [-0.4, -0.2) is 41.6 Å². The monoisotopic (exact) mass is 374 g/mol. The maximum atomic E-state index is 12.6. The van der Waals surface area contributed by atoms with Crippen LogP contribution in [-0.2, 0) is 10.0 Å². The second-order valence-corrected chi connectivity index (χ2v) is 8.11. The summed E-state index contributed by atoms with van der Waals surface area (Å²) in [4.78, 5) is 4.33. The van der Waals surface area contributed by atoms with Crippen molar-refractivity contribution in [1.82, 2.24) is 9.29 Å². The van der Waals surface area contributed by atoms with E-state index >= 15 is 0 Å². The molecule has 0 atom stereocenters. The fourth-order valence-corrected chi connectivity index (χ4v) is 4.30. The number of nitrogens with zero attached hydrogens (tertiary/aromatic N) is 3. The minimum Gasteiger partial charge on any atom is -0.507 e. The molecule has 0 amide bonds. The maximum absolute atomic E-state index is 12.6. The number of aromatic hydroxyl groups is 1. The van der Waals surface area contributed by atoms with E-state index in [0.29, 0.717) is 30.2 Å². The fraction of sp³-hybridized carbons (Fsp3) is 0.333. The molecule has 1 aliphatic rings. The van der Waals surface area contributed by atoms with Gasteiger partial charge in [0.2, 0.25) is 10.0 Å². The number of aromatic nitrogens is 1. The smallest absolute Gasteiger partial charge is 0.244 e. The number of rotatable bonds is 5. The molecular formula is C18H22N4O3S. The largest absolute Gasteiger partial charge is 0.507 e. The van der Waals surface area contributed by atoms with Crippen molar-refractivity contribution in [1.29, 1.82) is 0 Å². The number of para-hydroxylation sites is 1. The SMILES string of the molecule is C/C(=N\Nc1ccc(S(=O)(=O)N2CCCCC2)cn1)c1ccccc1O. The van der Waals surface area contributed by atoms with Gasteiger partial charge in [0.1, 0.15) is 16.5 Å². The molecule has 2 heterocycles. The van der Waals surface area contributed by atoms with Crippen molar-refractivity contribution >= 4 is 21.6 Å². The van der Waals surface area contributed by atoms with E-state index in [2.05, 4.69) is 15.5 Å². The van der Waals surface area contributed by atoms with Gasteiger partial charge in [-0.15, -0.1) is 0 Å². The van der Waals surface area contributed by atoms with Crippen LogP contribution in [0.15, 0.2) is 52.6 Å². The third-order valence-electron chi connectivity index (χ3n) is 4.32. The lowest BCUT2D eigenvalue weighted by atomic mass is 10.1. The second-order valence-electron chi connectivity index (χ2n) is 6.17. The number of hydrazone groups is 1. The van der Waals surface area contributed by atoms with Crippen LogP contribution in [0.3, 0.4) is 0 Å². The molecule has 0 saturated carbocycles. The zero-order chi connectivity index (χ0) is 18.6. The Morgan fingerprint density at radius 2 is 1.88 bits per heavy atom. The molecule has 0 radical (unpaired) electrons. The third-order valence-corrected chi connectivity index (χ3v) is 6.20. The normalized spacial score (nSPS) is 16.4. The highest BCUT2D eigenvalue weighted by Crippen LogP contribution is 2.21. The Morgan fingerprint density at radius 1 is 1.15 bits per heavy atom. The first-order chi connectivity index (χ1) is 12.5. The zero-order valence-electron chi connectivity index (χ0n) is 14.6. The van der Waals surface area contributed by atoms with Gasteiger partial charge in [-0.1, -0.05) is 18.6 Å². The van der Waals surface area contributed by atoms with Gasteiger partial charge in [0.25, 0.3) is 0 Å². The second kappa shape index (κ2) is 7.84. The predicted octanol–water partition coefficient (Wildman–Crippen LogP) is 2.80. The average molecular weight is 374 g/mol. The number of phenols is 1. The number of nitrogens with one attached hydrogen (secondary N) is 1. The minimum atomic E-state index is -3.48. The highest BCUT2D eigenvalue weighted by atomic mass is 32.2. The third kappa shape index (κ3) is 4.03. The number of pyridine rings is 1. The van der Waals surface area contributed by atoms with Crippen LogP contribution in [0.5, 0.6) is 5.75 Å². The Morgan fingerprint density at radius 3 is 2.54 bits per heavy atom. The van der Waals surface area contributed by atoms with E-state index in [1.807, 2.05) is 6.07 Å². The van der Waals surface area contributed by atoms with Crippen LogP contribution in [0.4, 0.5) is 5.82 Å². The summed E-state index contributed by atoms with van der Waals surface area (Å²) in [6.45, 7) is 2.88. The molecule has 138 valence electrons. The maximum Gasteiger partial charge on any atom is 0.244 e. The van der Waals surface area contributed by atoms with Crippen LogP contribution in [0, 0.1) is 0 Å². The van der Waals surface area contributed by atoms with E-state index in [9.17, 15) is 13.5 Å². The molecule has 1 aromatic carbocycles. The van der Waals surface area contributed by atoms with E-state index < -0.39 is 10.0 Å². The molecule has 3 rings (SSSR count). The molecule has 1 aromatic heterocycles. The highest BCUT2D eigenvalue weighted by molar-refractivity contribution is 7.89. The van der Waals surface area contributed by atoms with Crippen molar-refractivity contribution in [2.45, 2.75) is 31.1 Å². The molecule has 7 nitrogen and oxygen atoms in total. The number of anilines is 1.